The standard InChI is InChI=1S/C28H25N3O/c32-28-23-13-12-20(15-21(23)18-31(28)22-9-6-14-29-17-22)27-16-25(19-7-2-1-3-8-19)24-10-4-5-11-26(24)30-27/h1-5,7-8,10-13,15-16,22,29H,6,9,14,17-18H2. The van der Waals surface area contributed by atoms with Crippen LogP contribution in [0.15, 0.2) is 78.9 Å². The van der Waals surface area contributed by atoms with E-state index in [0.717, 1.165) is 59.2 Å². The summed E-state index contributed by atoms with van der Waals surface area (Å²) in [6.07, 6.45) is 2.20. The van der Waals surface area contributed by atoms with Crippen LogP contribution in [-0.4, -0.2) is 34.9 Å². The summed E-state index contributed by atoms with van der Waals surface area (Å²) >= 11 is 0. The maximum Gasteiger partial charge on any atom is 0.254 e. The number of piperidine rings is 1. The van der Waals surface area contributed by atoms with Crippen molar-refractivity contribution in [1.29, 1.82) is 0 Å². The Hall–Kier alpha value is -3.50. The van der Waals surface area contributed by atoms with Crippen molar-refractivity contribution in [3.63, 3.8) is 0 Å². The molecule has 2 aliphatic heterocycles. The highest BCUT2D eigenvalue weighted by molar-refractivity contribution is 6.00. The number of amides is 1. The molecule has 32 heavy (non-hydrogen) atoms. The molecule has 3 heterocycles. The van der Waals surface area contributed by atoms with Crippen LogP contribution >= 0.6 is 0 Å². The fraction of sp³-hybridized carbons (Fsp3) is 0.214. The summed E-state index contributed by atoms with van der Waals surface area (Å²) < 4.78 is 0. The average molecular weight is 420 g/mol. The molecule has 0 saturated carbocycles. The number of carbonyl (C=O) groups excluding carboxylic acids is 1. The number of nitrogens with zero attached hydrogens (tertiary/aromatic N) is 2. The van der Waals surface area contributed by atoms with Gasteiger partial charge in [-0.25, -0.2) is 4.98 Å². The normalized spacial score (nSPS) is 18.2. The maximum absolute atomic E-state index is 13.0. The van der Waals surface area contributed by atoms with E-state index >= 15 is 0 Å². The Morgan fingerprint density at radius 3 is 2.56 bits per heavy atom. The zero-order valence-electron chi connectivity index (χ0n) is 17.9. The van der Waals surface area contributed by atoms with Crippen LogP contribution in [0.4, 0.5) is 0 Å². The summed E-state index contributed by atoms with van der Waals surface area (Å²) in [6, 6.07) is 27.4. The van der Waals surface area contributed by atoms with Crippen LogP contribution in [0.1, 0.15) is 28.8 Å². The minimum atomic E-state index is 0.164. The number of carbonyl (C=O) groups is 1. The Morgan fingerprint density at radius 1 is 0.875 bits per heavy atom. The molecule has 0 aliphatic carbocycles. The van der Waals surface area contributed by atoms with E-state index in [-0.39, 0.29) is 11.9 Å². The summed E-state index contributed by atoms with van der Waals surface area (Å²) in [4.78, 5) is 20.1. The van der Waals surface area contributed by atoms with Crippen molar-refractivity contribution in [3.05, 3.63) is 90.0 Å². The third kappa shape index (κ3) is 3.28. The molecule has 1 atom stereocenters. The summed E-state index contributed by atoms with van der Waals surface area (Å²) in [5, 5.41) is 4.58. The topological polar surface area (TPSA) is 45.2 Å². The predicted molar refractivity (Wildman–Crippen MR) is 128 cm³/mol. The number of benzene rings is 3. The van der Waals surface area contributed by atoms with Gasteiger partial charge in [0.1, 0.15) is 0 Å². The molecule has 1 saturated heterocycles. The zero-order chi connectivity index (χ0) is 21.5. The van der Waals surface area contributed by atoms with Crippen molar-refractivity contribution in [1.82, 2.24) is 15.2 Å². The SMILES string of the molecule is O=C1c2ccc(-c3cc(-c4ccccc4)c4ccccc4n3)cc2CN1C1CCCNC1. The smallest absolute Gasteiger partial charge is 0.254 e. The average Bonchev–Trinajstić information content (AvgIpc) is 3.20. The van der Waals surface area contributed by atoms with E-state index in [1.165, 1.54) is 11.1 Å². The van der Waals surface area contributed by atoms with Crippen molar-refractivity contribution in [2.45, 2.75) is 25.4 Å². The third-order valence-electron chi connectivity index (χ3n) is 6.75. The lowest BCUT2D eigenvalue weighted by Crippen LogP contribution is -2.46. The number of rotatable bonds is 3. The van der Waals surface area contributed by atoms with Gasteiger partial charge in [-0.2, -0.15) is 0 Å². The van der Waals surface area contributed by atoms with Crippen molar-refractivity contribution in [2.75, 3.05) is 13.1 Å². The third-order valence-corrected chi connectivity index (χ3v) is 6.75. The number of hydrogen-bond acceptors (Lipinski definition) is 3. The van der Waals surface area contributed by atoms with Gasteiger partial charge in [-0.3, -0.25) is 4.79 Å². The van der Waals surface area contributed by atoms with Crippen molar-refractivity contribution in [2.24, 2.45) is 0 Å². The van der Waals surface area contributed by atoms with Crippen LogP contribution in [0.2, 0.25) is 0 Å². The first-order valence-corrected chi connectivity index (χ1v) is 11.4. The molecule has 0 bridgehead atoms. The highest BCUT2D eigenvalue weighted by Gasteiger charge is 2.33. The van der Waals surface area contributed by atoms with E-state index in [2.05, 4.69) is 59.9 Å². The second-order valence-electron chi connectivity index (χ2n) is 8.74. The summed E-state index contributed by atoms with van der Waals surface area (Å²) in [6.45, 7) is 2.62. The molecule has 6 rings (SSSR count). The first kappa shape index (κ1) is 19.2. The first-order chi connectivity index (χ1) is 15.8. The monoisotopic (exact) mass is 419 g/mol. The van der Waals surface area contributed by atoms with Crippen molar-refractivity contribution in [3.8, 4) is 22.4 Å². The molecule has 0 spiro atoms. The largest absolute Gasteiger partial charge is 0.330 e. The molecule has 4 aromatic rings. The van der Waals surface area contributed by atoms with Gasteiger partial charge in [-0.1, -0.05) is 54.6 Å². The number of nitrogens with one attached hydrogen (secondary N) is 1. The summed E-state index contributed by atoms with van der Waals surface area (Å²) in [5.74, 6) is 0.164. The van der Waals surface area contributed by atoms with Gasteiger partial charge in [-0.05, 0) is 60.3 Å². The number of para-hydroxylation sites is 1. The van der Waals surface area contributed by atoms with Crippen LogP contribution in [-0.2, 0) is 6.54 Å². The Bertz CT molecular complexity index is 1310. The van der Waals surface area contributed by atoms with Gasteiger partial charge in [0, 0.05) is 35.6 Å². The molecule has 0 radical (unpaired) electrons. The van der Waals surface area contributed by atoms with Crippen LogP contribution in [0.25, 0.3) is 33.3 Å². The lowest BCUT2D eigenvalue weighted by atomic mass is 9.97. The van der Waals surface area contributed by atoms with E-state index in [9.17, 15) is 4.79 Å². The molecule has 1 unspecified atom stereocenters. The Balaban J connectivity index is 1.41. The minimum Gasteiger partial charge on any atom is -0.330 e. The fourth-order valence-electron chi connectivity index (χ4n) is 5.08. The molecule has 4 heteroatoms. The number of pyridine rings is 1. The van der Waals surface area contributed by atoms with Gasteiger partial charge in [0.25, 0.3) is 5.91 Å². The summed E-state index contributed by atoms with van der Waals surface area (Å²) in [7, 11) is 0. The zero-order valence-corrected chi connectivity index (χ0v) is 17.9. The fourth-order valence-corrected chi connectivity index (χ4v) is 5.08. The van der Waals surface area contributed by atoms with Gasteiger partial charge >= 0.3 is 0 Å². The lowest BCUT2D eigenvalue weighted by molar-refractivity contribution is 0.0674. The number of hydrogen-bond donors (Lipinski definition) is 1. The second-order valence-corrected chi connectivity index (χ2v) is 8.74. The Kier molecular flexibility index (Phi) is 4.73. The van der Waals surface area contributed by atoms with E-state index in [0.29, 0.717) is 6.54 Å². The highest BCUT2D eigenvalue weighted by atomic mass is 16.2. The molecule has 1 aromatic heterocycles. The Morgan fingerprint density at radius 2 is 1.72 bits per heavy atom. The molecule has 1 fully saturated rings. The van der Waals surface area contributed by atoms with Crippen LogP contribution in [0.3, 0.4) is 0 Å². The molecule has 2 aliphatic rings. The van der Waals surface area contributed by atoms with E-state index in [1.807, 2.05) is 29.2 Å². The van der Waals surface area contributed by atoms with Gasteiger partial charge in [-0.15, -0.1) is 0 Å². The Labute approximate surface area is 187 Å². The van der Waals surface area contributed by atoms with Crippen LogP contribution < -0.4 is 5.32 Å². The van der Waals surface area contributed by atoms with Gasteiger partial charge in [0.2, 0.25) is 0 Å². The van der Waals surface area contributed by atoms with Crippen LogP contribution in [0, 0.1) is 0 Å². The molecular formula is C28H25N3O. The molecule has 3 aromatic carbocycles. The minimum absolute atomic E-state index is 0.164. The molecule has 1 amide bonds. The van der Waals surface area contributed by atoms with Gasteiger partial charge in [0.05, 0.1) is 11.2 Å². The van der Waals surface area contributed by atoms with Gasteiger partial charge < -0.3 is 10.2 Å². The van der Waals surface area contributed by atoms with E-state index in [1.54, 1.807) is 0 Å². The summed E-state index contributed by atoms with van der Waals surface area (Å²) in [5.41, 5.74) is 7.28. The van der Waals surface area contributed by atoms with Crippen LogP contribution in [0.5, 0.6) is 0 Å². The van der Waals surface area contributed by atoms with E-state index in [4.69, 9.17) is 4.98 Å². The number of fused-ring (bicyclic) bond motifs is 2. The lowest BCUT2D eigenvalue weighted by Gasteiger charge is -2.31. The molecule has 4 nitrogen and oxygen atoms in total. The highest BCUT2D eigenvalue weighted by Crippen LogP contribution is 2.34. The first-order valence-electron chi connectivity index (χ1n) is 11.4. The quantitative estimate of drug-likeness (QED) is 0.492. The molecular weight excluding hydrogens is 394 g/mol. The number of aromatic nitrogens is 1. The predicted octanol–water partition coefficient (Wildman–Crippen LogP) is 5.28. The molecule has 158 valence electrons. The molecule has 1 N–H and O–H groups in total. The van der Waals surface area contributed by atoms with Crippen molar-refractivity contribution < 1.29 is 4.79 Å². The maximum atomic E-state index is 13.0. The second kappa shape index (κ2) is 7.88. The van der Waals surface area contributed by atoms with Crippen molar-refractivity contribution >= 4 is 16.8 Å². The van der Waals surface area contributed by atoms with Gasteiger partial charge in [0.15, 0.2) is 0 Å². The van der Waals surface area contributed by atoms with E-state index < -0.39 is 0 Å².